The average Bonchev–Trinajstić information content (AvgIpc) is 3.14. The molecular weight excluding hydrogens is 224 g/mol. The first-order chi connectivity index (χ1) is 8.54. The number of nitrogens with two attached hydrogens (primary N) is 1. The minimum absolute atomic E-state index is 0.0422. The van der Waals surface area contributed by atoms with Crippen LogP contribution in [0.5, 0.6) is 0 Å². The number of nitrogens with one attached hydrogen (secondary N) is 1. The lowest BCUT2D eigenvalue weighted by Gasteiger charge is -2.28. The van der Waals surface area contributed by atoms with E-state index in [0.717, 1.165) is 5.56 Å². The van der Waals surface area contributed by atoms with Crippen LogP contribution in [0.1, 0.15) is 38.2 Å². The summed E-state index contributed by atoms with van der Waals surface area (Å²) in [5.74, 6) is 0.417. The summed E-state index contributed by atoms with van der Waals surface area (Å²) in [6.45, 7) is 4.54. The first-order valence-corrected chi connectivity index (χ1v) is 6.61. The van der Waals surface area contributed by atoms with Gasteiger partial charge in [0.1, 0.15) is 0 Å². The number of carbonyl (C=O) groups is 1. The van der Waals surface area contributed by atoms with Gasteiger partial charge >= 0.3 is 0 Å². The van der Waals surface area contributed by atoms with E-state index >= 15 is 0 Å². The number of amides is 1. The Kier molecular flexibility index (Phi) is 3.71. The van der Waals surface area contributed by atoms with Crippen molar-refractivity contribution in [3.8, 4) is 0 Å². The Morgan fingerprint density at radius 1 is 1.39 bits per heavy atom. The fourth-order valence-electron chi connectivity index (χ4n) is 2.39. The first-order valence-electron chi connectivity index (χ1n) is 6.61. The lowest BCUT2D eigenvalue weighted by molar-refractivity contribution is -0.124. The Morgan fingerprint density at radius 3 is 2.50 bits per heavy atom. The molecule has 3 heteroatoms. The zero-order valence-corrected chi connectivity index (χ0v) is 11.1. The predicted molar refractivity (Wildman–Crippen MR) is 73.2 cm³/mol. The minimum Gasteiger partial charge on any atom is -0.350 e. The monoisotopic (exact) mass is 246 g/mol. The minimum atomic E-state index is -0.246. The van der Waals surface area contributed by atoms with E-state index in [4.69, 9.17) is 5.73 Å². The molecule has 1 amide bonds. The molecule has 0 bridgehead atoms. The van der Waals surface area contributed by atoms with Crippen LogP contribution < -0.4 is 11.1 Å². The van der Waals surface area contributed by atoms with Crippen molar-refractivity contribution in [1.29, 1.82) is 0 Å². The van der Waals surface area contributed by atoms with Crippen LogP contribution in [0.15, 0.2) is 30.3 Å². The van der Waals surface area contributed by atoms with Crippen LogP contribution >= 0.6 is 0 Å². The maximum atomic E-state index is 12.3. The molecule has 3 nitrogen and oxygen atoms in total. The highest BCUT2D eigenvalue weighted by atomic mass is 16.2. The fraction of sp³-hybridized carbons (Fsp3) is 0.533. The molecule has 1 unspecified atom stereocenters. The third kappa shape index (κ3) is 2.91. The van der Waals surface area contributed by atoms with Gasteiger partial charge in [0.05, 0.1) is 5.92 Å². The fourth-order valence-corrected chi connectivity index (χ4v) is 2.39. The molecule has 1 aliphatic carbocycles. The molecule has 0 heterocycles. The molecule has 0 spiro atoms. The second-order valence-electron chi connectivity index (χ2n) is 5.68. The second kappa shape index (κ2) is 5.11. The van der Waals surface area contributed by atoms with Gasteiger partial charge in [-0.2, -0.15) is 0 Å². The molecule has 0 aliphatic heterocycles. The van der Waals surface area contributed by atoms with Crippen LogP contribution in [-0.4, -0.2) is 18.0 Å². The van der Waals surface area contributed by atoms with Crippen molar-refractivity contribution in [2.45, 2.75) is 38.1 Å². The normalized spacial score (nSPS) is 17.3. The molecule has 18 heavy (non-hydrogen) atoms. The molecule has 1 aromatic rings. The highest BCUT2D eigenvalue weighted by Gasteiger charge is 2.39. The molecule has 1 fully saturated rings. The summed E-state index contributed by atoms with van der Waals surface area (Å²) in [6, 6.07) is 9.75. The maximum absolute atomic E-state index is 12.3. The van der Waals surface area contributed by atoms with Gasteiger partial charge in [0.2, 0.25) is 5.91 Å². The van der Waals surface area contributed by atoms with E-state index in [1.807, 2.05) is 30.3 Å². The number of hydrogen-bond acceptors (Lipinski definition) is 2. The molecule has 2 rings (SSSR count). The van der Waals surface area contributed by atoms with Crippen LogP contribution in [0.2, 0.25) is 0 Å². The zero-order chi connectivity index (χ0) is 13.2. The average molecular weight is 246 g/mol. The van der Waals surface area contributed by atoms with Crippen LogP contribution in [0.25, 0.3) is 0 Å². The van der Waals surface area contributed by atoms with E-state index in [0.29, 0.717) is 12.5 Å². The summed E-state index contributed by atoms with van der Waals surface area (Å²) in [5, 5.41) is 3.15. The largest absolute Gasteiger partial charge is 0.350 e. The SMILES string of the molecule is CC(C)(NC(=O)C(CN)c1ccccc1)C1CC1. The van der Waals surface area contributed by atoms with E-state index in [1.54, 1.807) is 0 Å². The summed E-state index contributed by atoms with van der Waals surface area (Å²) in [5.41, 5.74) is 6.63. The first kappa shape index (κ1) is 13.1. The summed E-state index contributed by atoms with van der Waals surface area (Å²) < 4.78 is 0. The third-order valence-corrected chi connectivity index (χ3v) is 3.80. The number of hydrogen-bond donors (Lipinski definition) is 2. The van der Waals surface area contributed by atoms with E-state index in [1.165, 1.54) is 12.8 Å². The quantitative estimate of drug-likeness (QED) is 0.835. The Balaban J connectivity index is 2.06. The Morgan fingerprint density at radius 2 is 2.00 bits per heavy atom. The Bertz CT molecular complexity index is 410. The molecule has 0 radical (unpaired) electrons. The highest BCUT2D eigenvalue weighted by Crippen LogP contribution is 2.39. The van der Waals surface area contributed by atoms with E-state index in [-0.39, 0.29) is 17.4 Å². The summed E-state index contributed by atoms with van der Waals surface area (Å²) in [6.07, 6.45) is 2.43. The van der Waals surface area contributed by atoms with Gasteiger partial charge in [-0.05, 0) is 38.2 Å². The standard InChI is InChI=1S/C15H22N2O/c1-15(2,12-8-9-12)17-14(18)13(10-16)11-6-4-3-5-7-11/h3-7,12-13H,8-10,16H2,1-2H3,(H,17,18). The molecule has 1 aromatic carbocycles. The van der Waals surface area contributed by atoms with Gasteiger partial charge in [-0.1, -0.05) is 30.3 Å². The molecule has 1 aliphatic rings. The van der Waals surface area contributed by atoms with Gasteiger partial charge in [-0.25, -0.2) is 0 Å². The van der Waals surface area contributed by atoms with Crippen molar-refractivity contribution >= 4 is 5.91 Å². The second-order valence-corrected chi connectivity index (χ2v) is 5.68. The summed E-state index contributed by atoms with van der Waals surface area (Å²) in [7, 11) is 0. The van der Waals surface area contributed by atoms with Gasteiger partial charge in [0.15, 0.2) is 0 Å². The maximum Gasteiger partial charge on any atom is 0.229 e. The molecule has 0 aromatic heterocycles. The van der Waals surface area contributed by atoms with Crippen molar-refractivity contribution in [3.63, 3.8) is 0 Å². The Labute approximate surface area is 109 Å². The van der Waals surface area contributed by atoms with Gasteiger partial charge in [-0.3, -0.25) is 4.79 Å². The van der Waals surface area contributed by atoms with Crippen molar-refractivity contribution < 1.29 is 4.79 Å². The zero-order valence-electron chi connectivity index (χ0n) is 11.1. The van der Waals surface area contributed by atoms with E-state index in [2.05, 4.69) is 19.2 Å². The topological polar surface area (TPSA) is 55.1 Å². The van der Waals surface area contributed by atoms with Crippen LogP contribution in [0, 0.1) is 5.92 Å². The smallest absolute Gasteiger partial charge is 0.229 e. The molecule has 3 N–H and O–H groups in total. The molecule has 1 saturated carbocycles. The van der Waals surface area contributed by atoms with Crippen molar-refractivity contribution in [2.75, 3.05) is 6.54 Å². The van der Waals surface area contributed by atoms with Gasteiger partial charge in [0.25, 0.3) is 0 Å². The van der Waals surface area contributed by atoms with Crippen molar-refractivity contribution in [3.05, 3.63) is 35.9 Å². The molecule has 0 saturated heterocycles. The number of benzene rings is 1. The third-order valence-electron chi connectivity index (χ3n) is 3.80. The van der Waals surface area contributed by atoms with Gasteiger partial charge < -0.3 is 11.1 Å². The molecule has 98 valence electrons. The highest BCUT2D eigenvalue weighted by molar-refractivity contribution is 5.84. The van der Waals surface area contributed by atoms with Crippen LogP contribution in [-0.2, 0) is 4.79 Å². The Hall–Kier alpha value is -1.35. The number of rotatable bonds is 5. The van der Waals surface area contributed by atoms with Crippen molar-refractivity contribution in [1.82, 2.24) is 5.32 Å². The van der Waals surface area contributed by atoms with Gasteiger partial charge in [0, 0.05) is 12.1 Å². The van der Waals surface area contributed by atoms with Crippen LogP contribution in [0.4, 0.5) is 0 Å². The van der Waals surface area contributed by atoms with Crippen LogP contribution in [0.3, 0.4) is 0 Å². The van der Waals surface area contributed by atoms with Gasteiger partial charge in [-0.15, -0.1) is 0 Å². The molecular formula is C15H22N2O. The summed E-state index contributed by atoms with van der Waals surface area (Å²) >= 11 is 0. The lowest BCUT2D eigenvalue weighted by Crippen LogP contribution is -2.48. The van der Waals surface area contributed by atoms with E-state index in [9.17, 15) is 4.79 Å². The van der Waals surface area contributed by atoms with E-state index < -0.39 is 0 Å². The lowest BCUT2D eigenvalue weighted by atomic mass is 9.94. The van der Waals surface area contributed by atoms with Crippen molar-refractivity contribution in [2.24, 2.45) is 11.7 Å². The molecule has 1 atom stereocenters. The predicted octanol–water partition coefficient (Wildman–Crippen LogP) is 2.03. The number of carbonyl (C=O) groups excluding carboxylic acids is 1. The summed E-state index contributed by atoms with van der Waals surface area (Å²) in [4.78, 5) is 12.3.